The van der Waals surface area contributed by atoms with E-state index in [0.29, 0.717) is 6.61 Å². The Kier molecular flexibility index (Phi) is 3.74. The quantitative estimate of drug-likeness (QED) is 0.774. The third-order valence-corrected chi connectivity index (χ3v) is 3.91. The van der Waals surface area contributed by atoms with Gasteiger partial charge in [0, 0.05) is 0 Å². The molecule has 0 N–H and O–H groups in total. The van der Waals surface area contributed by atoms with Crippen molar-refractivity contribution < 1.29 is 14.3 Å². The number of fused-ring (bicyclic) bond motifs is 1. The summed E-state index contributed by atoms with van der Waals surface area (Å²) in [7, 11) is 1.66. The molecule has 0 amide bonds. The lowest BCUT2D eigenvalue weighted by molar-refractivity contribution is 0.0214. The lowest BCUT2D eigenvalue weighted by atomic mass is 9.92. The minimum absolute atomic E-state index is 0.0837. The van der Waals surface area contributed by atoms with Crippen LogP contribution in [0.2, 0.25) is 0 Å². The number of rotatable bonds is 5. The van der Waals surface area contributed by atoms with E-state index < -0.39 is 0 Å². The monoisotopic (exact) mass is 273 g/mol. The van der Waals surface area contributed by atoms with Crippen molar-refractivity contribution in [3.63, 3.8) is 0 Å². The van der Waals surface area contributed by atoms with Gasteiger partial charge in [0.25, 0.3) is 0 Å². The van der Waals surface area contributed by atoms with Crippen LogP contribution in [0.3, 0.4) is 0 Å². The number of benzene rings is 1. The Morgan fingerprint density at radius 3 is 2.90 bits per heavy atom. The van der Waals surface area contributed by atoms with Gasteiger partial charge in [-0.2, -0.15) is 0 Å². The fourth-order valence-corrected chi connectivity index (χ4v) is 2.76. The van der Waals surface area contributed by atoms with E-state index in [1.54, 1.807) is 7.11 Å². The molecule has 2 aliphatic rings. The van der Waals surface area contributed by atoms with Gasteiger partial charge in [0.05, 0.1) is 25.3 Å². The molecule has 2 heterocycles. The minimum atomic E-state index is -0.0837. The normalized spacial score (nSPS) is 27.6. The van der Waals surface area contributed by atoms with Crippen molar-refractivity contribution in [1.82, 2.24) is 0 Å². The van der Waals surface area contributed by atoms with E-state index in [4.69, 9.17) is 14.3 Å². The molecule has 0 aliphatic carbocycles. The number of nitrogens with zero attached hydrogens (tertiary/aromatic N) is 1. The number of ether oxygens (including phenoxy) is 2. The van der Waals surface area contributed by atoms with Crippen LogP contribution in [0.5, 0.6) is 5.75 Å². The third-order valence-electron chi connectivity index (χ3n) is 3.91. The highest BCUT2D eigenvalue weighted by Gasteiger charge is 2.44. The largest absolute Gasteiger partial charge is 0.497 e. The molecular formula is C16H19NO3. The van der Waals surface area contributed by atoms with E-state index >= 15 is 0 Å². The van der Waals surface area contributed by atoms with Crippen LogP contribution in [-0.4, -0.2) is 25.5 Å². The lowest BCUT2D eigenvalue weighted by Crippen LogP contribution is -2.22. The van der Waals surface area contributed by atoms with Gasteiger partial charge in [-0.3, -0.25) is 0 Å². The van der Waals surface area contributed by atoms with Crippen LogP contribution < -0.4 is 4.74 Å². The summed E-state index contributed by atoms with van der Waals surface area (Å²) >= 11 is 0. The topological polar surface area (TPSA) is 40.0 Å². The second kappa shape index (κ2) is 5.67. The molecule has 2 aliphatic heterocycles. The van der Waals surface area contributed by atoms with Crippen molar-refractivity contribution in [1.29, 1.82) is 0 Å². The average Bonchev–Trinajstić information content (AvgIpc) is 3.07. The molecule has 20 heavy (non-hydrogen) atoms. The van der Waals surface area contributed by atoms with Crippen LogP contribution in [0, 0.1) is 5.92 Å². The molecule has 3 rings (SSSR count). The second-order valence-corrected chi connectivity index (χ2v) is 5.12. The van der Waals surface area contributed by atoms with E-state index in [2.05, 4.69) is 11.7 Å². The highest BCUT2D eigenvalue weighted by atomic mass is 16.7. The molecule has 1 fully saturated rings. The van der Waals surface area contributed by atoms with E-state index in [-0.39, 0.29) is 18.1 Å². The first kappa shape index (κ1) is 13.2. The standard InChI is InChI=1S/C16H19NO3/c1-3-4-5-14-13-10-19-16(15(13)17-20-14)11-6-8-12(18-2)9-7-11/h3,6-9,13-14,16H,1,4-5,10H2,2H3/t13-,14-,16-/m0/s1. The molecule has 4 heteroatoms. The van der Waals surface area contributed by atoms with Crippen molar-refractivity contribution in [3.8, 4) is 5.75 Å². The summed E-state index contributed by atoms with van der Waals surface area (Å²) in [5.41, 5.74) is 2.12. The van der Waals surface area contributed by atoms with Gasteiger partial charge < -0.3 is 14.3 Å². The Morgan fingerprint density at radius 2 is 2.20 bits per heavy atom. The summed E-state index contributed by atoms with van der Waals surface area (Å²) in [6.07, 6.45) is 3.85. The smallest absolute Gasteiger partial charge is 0.138 e. The first-order chi connectivity index (χ1) is 9.83. The number of hydrogen-bond acceptors (Lipinski definition) is 4. The zero-order valence-electron chi connectivity index (χ0n) is 11.6. The fourth-order valence-electron chi connectivity index (χ4n) is 2.76. The Labute approximate surface area is 119 Å². The predicted molar refractivity (Wildman–Crippen MR) is 76.9 cm³/mol. The molecule has 0 saturated carbocycles. The first-order valence-corrected chi connectivity index (χ1v) is 6.93. The zero-order valence-corrected chi connectivity index (χ0v) is 11.6. The summed E-state index contributed by atoms with van der Waals surface area (Å²) in [6.45, 7) is 4.43. The van der Waals surface area contributed by atoms with Crippen LogP contribution in [0.15, 0.2) is 42.1 Å². The Hall–Kier alpha value is -1.81. The maximum absolute atomic E-state index is 5.91. The van der Waals surface area contributed by atoms with Crippen molar-refractivity contribution in [2.45, 2.75) is 25.0 Å². The van der Waals surface area contributed by atoms with Crippen molar-refractivity contribution in [2.24, 2.45) is 11.1 Å². The van der Waals surface area contributed by atoms with Crippen LogP contribution in [-0.2, 0) is 9.57 Å². The summed E-state index contributed by atoms with van der Waals surface area (Å²) in [6, 6.07) is 7.92. The van der Waals surface area contributed by atoms with Gasteiger partial charge in [0.1, 0.15) is 18.0 Å². The molecule has 1 aromatic rings. The van der Waals surface area contributed by atoms with Gasteiger partial charge in [0.2, 0.25) is 0 Å². The number of hydrogen-bond donors (Lipinski definition) is 0. The highest BCUT2D eigenvalue weighted by molar-refractivity contribution is 5.94. The van der Waals surface area contributed by atoms with E-state index in [9.17, 15) is 0 Å². The molecule has 0 spiro atoms. The number of allylic oxidation sites excluding steroid dienone is 1. The van der Waals surface area contributed by atoms with Gasteiger partial charge >= 0.3 is 0 Å². The van der Waals surface area contributed by atoms with Gasteiger partial charge in [0.15, 0.2) is 0 Å². The van der Waals surface area contributed by atoms with Crippen LogP contribution >= 0.6 is 0 Å². The Bertz CT molecular complexity index is 509. The fraction of sp³-hybridized carbons (Fsp3) is 0.438. The maximum Gasteiger partial charge on any atom is 0.138 e. The van der Waals surface area contributed by atoms with Gasteiger partial charge in [-0.1, -0.05) is 23.4 Å². The molecule has 4 nitrogen and oxygen atoms in total. The summed E-state index contributed by atoms with van der Waals surface area (Å²) in [4.78, 5) is 5.55. The van der Waals surface area contributed by atoms with E-state index in [1.165, 1.54) is 0 Å². The van der Waals surface area contributed by atoms with Crippen LogP contribution in [0.4, 0.5) is 0 Å². The molecule has 106 valence electrons. The lowest BCUT2D eigenvalue weighted by Gasteiger charge is -2.11. The predicted octanol–water partition coefficient (Wildman–Crippen LogP) is 3.10. The van der Waals surface area contributed by atoms with Crippen molar-refractivity contribution in [3.05, 3.63) is 42.5 Å². The Morgan fingerprint density at radius 1 is 1.40 bits per heavy atom. The second-order valence-electron chi connectivity index (χ2n) is 5.12. The molecule has 0 radical (unpaired) electrons. The molecule has 0 aromatic heterocycles. The SMILES string of the molecule is C=CCC[C@@H]1ON=C2[C@H](c3ccc(OC)cc3)OC[C@H]21. The maximum atomic E-state index is 5.91. The van der Waals surface area contributed by atoms with Gasteiger partial charge in [-0.15, -0.1) is 6.58 Å². The van der Waals surface area contributed by atoms with E-state index in [0.717, 1.165) is 29.9 Å². The summed E-state index contributed by atoms with van der Waals surface area (Å²) in [5.74, 6) is 1.12. The zero-order chi connectivity index (χ0) is 13.9. The first-order valence-electron chi connectivity index (χ1n) is 6.93. The minimum Gasteiger partial charge on any atom is -0.497 e. The number of oxime groups is 1. The van der Waals surface area contributed by atoms with Gasteiger partial charge in [-0.25, -0.2) is 0 Å². The van der Waals surface area contributed by atoms with Crippen molar-refractivity contribution in [2.75, 3.05) is 13.7 Å². The van der Waals surface area contributed by atoms with Crippen molar-refractivity contribution >= 4 is 5.71 Å². The third kappa shape index (κ3) is 2.31. The molecule has 0 bridgehead atoms. The molecule has 1 saturated heterocycles. The highest BCUT2D eigenvalue weighted by Crippen LogP contribution is 2.38. The van der Waals surface area contributed by atoms with Crippen LogP contribution in [0.1, 0.15) is 24.5 Å². The van der Waals surface area contributed by atoms with E-state index in [1.807, 2.05) is 30.3 Å². The van der Waals surface area contributed by atoms with Gasteiger partial charge in [-0.05, 0) is 30.5 Å². The Balaban J connectivity index is 1.72. The summed E-state index contributed by atoms with van der Waals surface area (Å²) in [5, 5.41) is 4.26. The molecule has 0 unspecified atom stereocenters. The molecule has 3 atom stereocenters. The molecular weight excluding hydrogens is 254 g/mol. The summed E-state index contributed by atoms with van der Waals surface area (Å²) < 4.78 is 11.1. The number of methoxy groups -OCH3 is 1. The molecule has 1 aromatic carbocycles. The van der Waals surface area contributed by atoms with Crippen LogP contribution in [0.25, 0.3) is 0 Å². The average molecular weight is 273 g/mol.